The highest BCUT2D eigenvalue weighted by Gasteiger charge is 2.56. The smallest absolute Gasteiger partial charge is 0.0888 e. The summed E-state index contributed by atoms with van der Waals surface area (Å²) in [7, 11) is 0. The number of nitrogens with one attached hydrogen (secondary N) is 8. The molecule has 5 fully saturated rings. The Kier molecular flexibility index (Phi) is 20.2. The second-order valence-corrected chi connectivity index (χ2v) is 30.9. The molecule has 0 radical (unpaired) electrons. The molecule has 16 aromatic rings. The summed E-state index contributed by atoms with van der Waals surface area (Å²) in [6.07, 6.45) is 25.6. The standard InChI is InChI=1S/C96H80N24/c1-9-33-97-65(17-1)73-49-57(25-41-105-73)81-82(58-26-42-106-74(50-58)66-18-2-10-34-98-66)90-113-89(81)117-91-83(59-27-43-107-75(51-59)67-19-3-11-35-99-67)84(60-28-44-108-76(52-60)68-20-4-12-36-100-68)93(114-91)119-95-87(63-31-47-111-79(55-63)71-23-7-15-39-103-71)88(64-32-48-112-80(56-64)72-24-8-16-40-104-72)96(116-95)120-94-86(62-30-46-110-78(54-62)70-22-6-14-38-102-70)85(92(115-94)118-90)61-29-45-109-77(53-61)69-21-5-13-37-101-69/h1-56,81-96,113-120H. The van der Waals surface area contributed by atoms with Gasteiger partial charge in [0.2, 0.25) is 0 Å². The van der Waals surface area contributed by atoms with E-state index >= 15 is 0 Å². The first-order valence-electron chi connectivity index (χ1n) is 40.5. The molecular weight excluding hydrogens is 1490 g/mol. The van der Waals surface area contributed by atoms with Crippen molar-refractivity contribution < 1.29 is 0 Å². The van der Waals surface area contributed by atoms with Gasteiger partial charge in [0.05, 0.1) is 140 Å². The van der Waals surface area contributed by atoms with Crippen molar-refractivity contribution in [2.24, 2.45) is 0 Å². The van der Waals surface area contributed by atoms with Crippen molar-refractivity contribution in [2.45, 2.75) is 96.7 Å². The zero-order valence-electron chi connectivity index (χ0n) is 64.7. The molecule has 21 heterocycles. The summed E-state index contributed by atoms with van der Waals surface area (Å²) in [5, 5.41) is 35.8. The maximum Gasteiger partial charge on any atom is 0.0888 e. The number of fused-ring (bicyclic) bond motifs is 8. The summed E-state index contributed by atoms with van der Waals surface area (Å²) < 4.78 is 0. The molecule has 8 atom stereocenters. The van der Waals surface area contributed by atoms with Crippen LogP contribution in [0.25, 0.3) is 91.1 Å². The van der Waals surface area contributed by atoms with Crippen molar-refractivity contribution in [2.75, 3.05) is 0 Å². The molecule has 584 valence electrons. The van der Waals surface area contributed by atoms with E-state index in [1.54, 1.807) is 0 Å². The number of nitrogens with zero attached hydrogens (tertiary/aromatic N) is 16. The maximum atomic E-state index is 5.09. The van der Waals surface area contributed by atoms with Gasteiger partial charge in [-0.25, -0.2) is 0 Å². The van der Waals surface area contributed by atoms with Crippen LogP contribution in [-0.4, -0.2) is 129 Å². The van der Waals surface area contributed by atoms with Crippen LogP contribution in [0.4, 0.5) is 0 Å². The molecular formula is C96H80N24. The van der Waals surface area contributed by atoms with E-state index in [9.17, 15) is 0 Å². The third-order valence-electron chi connectivity index (χ3n) is 24.1. The number of pyridine rings is 16. The monoisotopic (exact) mass is 1570 g/mol. The lowest BCUT2D eigenvalue weighted by Crippen LogP contribution is -2.61. The fraction of sp³-hybridized carbons (Fsp3) is 0.167. The molecule has 5 aliphatic rings. The summed E-state index contributed by atoms with van der Waals surface area (Å²) in [5.74, 6) is -3.04. The van der Waals surface area contributed by atoms with Gasteiger partial charge < -0.3 is 0 Å². The van der Waals surface area contributed by atoms with E-state index in [-0.39, 0.29) is 47.3 Å². The van der Waals surface area contributed by atoms with E-state index in [1.807, 2.05) is 245 Å². The third kappa shape index (κ3) is 14.7. The minimum atomic E-state index is -0.542. The molecule has 21 rings (SSSR count). The summed E-state index contributed by atoms with van der Waals surface area (Å²) in [4.78, 5) is 80.0. The first kappa shape index (κ1) is 73.7. The van der Waals surface area contributed by atoms with Crippen molar-refractivity contribution >= 4 is 0 Å². The first-order valence-corrected chi connectivity index (χ1v) is 40.5. The maximum absolute atomic E-state index is 5.09. The Morgan fingerprint density at radius 1 is 0.125 bits per heavy atom. The second kappa shape index (κ2) is 32.9. The van der Waals surface area contributed by atoms with E-state index in [0.29, 0.717) is 0 Å². The number of hydrogen-bond donors (Lipinski definition) is 8. The van der Waals surface area contributed by atoms with Crippen LogP contribution in [0.3, 0.4) is 0 Å². The van der Waals surface area contributed by atoms with E-state index in [2.05, 4.69) is 140 Å². The van der Waals surface area contributed by atoms with Crippen molar-refractivity contribution in [3.63, 3.8) is 0 Å². The quantitative estimate of drug-likeness (QED) is 0.0446. The number of rotatable bonds is 16. The summed E-state index contributed by atoms with van der Waals surface area (Å²) in [6.45, 7) is 0. The molecule has 0 aliphatic carbocycles. The Morgan fingerprint density at radius 3 is 0.350 bits per heavy atom. The van der Waals surface area contributed by atoms with Gasteiger partial charge in [0, 0.05) is 146 Å². The van der Waals surface area contributed by atoms with Gasteiger partial charge in [0.1, 0.15) is 0 Å². The molecule has 24 nitrogen and oxygen atoms in total. The Balaban J connectivity index is 0.826. The second-order valence-electron chi connectivity index (χ2n) is 30.9. The van der Waals surface area contributed by atoms with Crippen LogP contribution in [-0.2, 0) is 0 Å². The molecule has 5 aliphatic heterocycles. The van der Waals surface area contributed by atoms with Crippen molar-refractivity contribution in [3.05, 3.63) is 386 Å². The zero-order valence-corrected chi connectivity index (χ0v) is 64.7. The van der Waals surface area contributed by atoms with Crippen molar-refractivity contribution in [1.82, 2.24) is 122 Å². The number of hydrogen-bond acceptors (Lipinski definition) is 24. The van der Waals surface area contributed by atoms with Crippen molar-refractivity contribution in [3.8, 4) is 91.1 Å². The lowest BCUT2D eigenvalue weighted by Gasteiger charge is -2.33. The van der Waals surface area contributed by atoms with Gasteiger partial charge in [-0.15, -0.1) is 0 Å². The normalized spacial score (nSPS) is 24.4. The summed E-state index contributed by atoms with van der Waals surface area (Å²) in [6, 6.07) is 82.8. The first-order chi connectivity index (χ1) is 59.5. The average Bonchev–Trinajstić information content (AvgIpc) is 1.58. The average molecular weight is 1570 g/mol. The highest BCUT2D eigenvalue weighted by atomic mass is 15.4. The summed E-state index contributed by atoms with van der Waals surface area (Å²) in [5.41, 5.74) is 20.1. The van der Waals surface area contributed by atoms with Gasteiger partial charge in [-0.2, -0.15) is 0 Å². The topological polar surface area (TPSA) is 302 Å². The van der Waals surface area contributed by atoms with Crippen LogP contribution in [0.5, 0.6) is 0 Å². The molecule has 120 heavy (non-hydrogen) atoms. The van der Waals surface area contributed by atoms with Gasteiger partial charge in [-0.3, -0.25) is 122 Å². The molecule has 0 saturated carbocycles. The lowest BCUT2D eigenvalue weighted by molar-refractivity contribution is 0.281. The SMILES string of the molecule is c1ccc(-c2cc(C3C4NC(NC5NC(NC6NC(NC7NC(N4)C(c4ccnc(-c8ccccn8)c4)C7c4ccnc(-c7ccccn7)c4)C(c4ccnc(-c7ccccn7)c4)C6c4ccnc(-c6ccccn6)c4)C(c4ccnc(-c6ccccn6)c4)C5c4ccnc(-c5ccccn5)c4)C3c3ccnc(-c4ccccn4)c3)ccn2)nc1. The van der Waals surface area contributed by atoms with Crippen molar-refractivity contribution in [1.29, 1.82) is 0 Å². The third-order valence-corrected chi connectivity index (χ3v) is 24.1. The van der Waals surface area contributed by atoms with E-state index in [1.165, 1.54) is 0 Å². The molecule has 16 aromatic heterocycles. The van der Waals surface area contributed by atoms with Crippen LogP contribution < -0.4 is 42.5 Å². The minimum Gasteiger partial charge on any atom is -0.285 e. The van der Waals surface area contributed by atoms with Gasteiger partial charge in [-0.05, 0) is 239 Å². The molecule has 24 heteroatoms. The molecule has 0 aromatic carbocycles. The molecule has 8 bridgehead atoms. The molecule has 8 unspecified atom stereocenters. The highest BCUT2D eigenvalue weighted by molar-refractivity contribution is 5.64. The molecule has 0 amide bonds. The molecule has 5 saturated heterocycles. The van der Waals surface area contributed by atoms with Gasteiger partial charge in [-0.1, -0.05) is 48.5 Å². The Labute approximate surface area is 692 Å². The van der Waals surface area contributed by atoms with Gasteiger partial charge in [0.25, 0.3) is 0 Å². The van der Waals surface area contributed by atoms with E-state index in [4.69, 9.17) is 79.7 Å². The Morgan fingerprint density at radius 2 is 0.242 bits per heavy atom. The Bertz CT molecular complexity index is 5110. The van der Waals surface area contributed by atoms with E-state index in [0.717, 1.165) is 136 Å². The van der Waals surface area contributed by atoms with Gasteiger partial charge >= 0.3 is 0 Å². The van der Waals surface area contributed by atoms with Crippen LogP contribution in [0.1, 0.15) is 91.9 Å². The highest BCUT2D eigenvalue weighted by Crippen LogP contribution is 2.52. The Hall–Kier alpha value is -13.9. The predicted molar refractivity (Wildman–Crippen MR) is 457 cm³/mol. The fourth-order valence-electron chi connectivity index (χ4n) is 18.9. The van der Waals surface area contributed by atoms with Crippen LogP contribution in [0.15, 0.2) is 342 Å². The zero-order chi connectivity index (χ0) is 79.7. The molecule has 8 N–H and O–H groups in total. The minimum absolute atomic E-state index is 0.379. The summed E-state index contributed by atoms with van der Waals surface area (Å²) >= 11 is 0. The van der Waals surface area contributed by atoms with Gasteiger partial charge in [0.15, 0.2) is 0 Å². The van der Waals surface area contributed by atoms with E-state index < -0.39 is 49.3 Å². The largest absolute Gasteiger partial charge is 0.285 e. The lowest BCUT2D eigenvalue weighted by atomic mass is 9.78. The van der Waals surface area contributed by atoms with Crippen LogP contribution in [0, 0.1) is 0 Å². The van der Waals surface area contributed by atoms with Crippen LogP contribution >= 0.6 is 0 Å². The number of aromatic nitrogens is 16. The fourth-order valence-corrected chi connectivity index (χ4v) is 18.9. The predicted octanol–water partition coefficient (Wildman–Crippen LogP) is 13.3. The molecule has 0 spiro atoms. The van der Waals surface area contributed by atoms with Crippen LogP contribution in [0.2, 0.25) is 0 Å².